The highest BCUT2D eigenvalue weighted by Gasteiger charge is 2.36. The molecule has 0 aromatic rings. The van der Waals surface area contributed by atoms with Gasteiger partial charge in [0.1, 0.15) is 0 Å². The first-order valence-electron chi connectivity index (χ1n) is 5.76. The molecule has 3 aliphatic carbocycles. The third-order valence-electron chi connectivity index (χ3n) is 3.93. The minimum atomic E-state index is -0.574. The first-order valence-corrected chi connectivity index (χ1v) is 5.76. The van der Waals surface area contributed by atoms with Gasteiger partial charge in [-0.1, -0.05) is 12.8 Å². The van der Waals surface area contributed by atoms with Gasteiger partial charge in [0, 0.05) is 11.6 Å². The minimum absolute atomic E-state index is 0.573. The Morgan fingerprint density at radius 3 is 2.47 bits per heavy atom. The third kappa shape index (κ3) is 2.30. The molecular formula is C11H19N3O. The molecule has 3 rings (SSSR count). The molecular weight excluding hydrogens is 190 g/mol. The molecule has 0 spiro atoms. The normalized spacial score (nSPS) is 35.3. The maximum absolute atomic E-state index is 10.6. The summed E-state index contributed by atoms with van der Waals surface area (Å²) in [5.74, 6) is 2.25. The van der Waals surface area contributed by atoms with Gasteiger partial charge in [0.2, 0.25) is 0 Å². The molecule has 0 radical (unpaired) electrons. The van der Waals surface area contributed by atoms with Crippen LogP contribution in [0.25, 0.3) is 0 Å². The summed E-state index contributed by atoms with van der Waals surface area (Å²) >= 11 is 0. The molecule has 3 N–H and O–H groups in total. The van der Waals surface area contributed by atoms with Crippen LogP contribution >= 0.6 is 0 Å². The number of carbonyl (C=O) groups is 1. The molecule has 2 amide bonds. The Morgan fingerprint density at radius 2 is 2.00 bits per heavy atom. The lowest BCUT2D eigenvalue weighted by Gasteiger charge is -2.42. The minimum Gasteiger partial charge on any atom is -0.350 e. The summed E-state index contributed by atoms with van der Waals surface area (Å²) < 4.78 is 0. The molecule has 3 aliphatic rings. The van der Waals surface area contributed by atoms with Gasteiger partial charge in [-0.25, -0.2) is 10.2 Å². The Balaban J connectivity index is 1.98. The van der Waals surface area contributed by atoms with Crippen molar-refractivity contribution in [3.63, 3.8) is 0 Å². The Hall–Kier alpha value is -1.06. The van der Waals surface area contributed by atoms with Gasteiger partial charge < -0.3 is 5.73 Å². The van der Waals surface area contributed by atoms with Crippen molar-refractivity contribution in [1.29, 1.82) is 0 Å². The molecule has 0 aromatic carbocycles. The van der Waals surface area contributed by atoms with E-state index in [1.807, 2.05) is 6.92 Å². The van der Waals surface area contributed by atoms with E-state index in [1.54, 1.807) is 0 Å². The summed E-state index contributed by atoms with van der Waals surface area (Å²) in [4.78, 5) is 10.6. The predicted octanol–water partition coefficient (Wildman–Crippen LogP) is 1.86. The van der Waals surface area contributed by atoms with Gasteiger partial charge in [0.25, 0.3) is 0 Å². The molecule has 0 saturated heterocycles. The van der Waals surface area contributed by atoms with Gasteiger partial charge in [0.05, 0.1) is 0 Å². The molecule has 15 heavy (non-hydrogen) atoms. The van der Waals surface area contributed by atoms with Crippen molar-refractivity contribution in [3.8, 4) is 0 Å². The van der Waals surface area contributed by atoms with Crippen molar-refractivity contribution in [2.75, 3.05) is 0 Å². The SMILES string of the molecule is C/C(=N/NC(N)=O)[C@H]1CC2CCC1CC2. The number of hydrogen-bond acceptors (Lipinski definition) is 2. The molecule has 1 atom stereocenters. The lowest BCUT2D eigenvalue weighted by Crippen LogP contribution is -2.36. The van der Waals surface area contributed by atoms with Crippen molar-refractivity contribution in [1.82, 2.24) is 5.43 Å². The monoisotopic (exact) mass is 209 g/mol. The van der Waals surface area contributed by atoms with Crippen LogP contribution in [0.15, 0.2) is 5.10 Å². The number of carbonyl (C=O) groups excluding carboxylic acids is 1. The Labute approximate surface area is 90.3 Å². The zero-order chi connectivity index (χ0) is 10.8. The maximum atomic E-state index is 10.6. The predicted molar refractivity (Wildman–Crippen MR) is 59.4 cm³/mol. The molecule has 2 bridgehead atoms. The van der Waals surface area contributed by atoms with Crippen LogP contribution in [0.5, 0.6) is 0 Å². The molecule has 0 unspecified atom stereocenters. The largest absolute Gasteiger partial charge is 0.350 e. The lowest BCUT2D eigenvalue weighted by molar-refractivity contribution is 0.138. The number of rotatable bonds is 2. The number of nitrogens with zero attached hydrogens (tertiary/aromatic N) is 1. The van der Waals surface area contributed by atoms with Crippen LogP contribution in [-0.4, -0.2) is 11.7 Å². The van der Waals surface area contributed by atoms with Crippen molar-refractivity contribution in [2.45, 2.75) is 39.0 Å². The third-order valence-corrected chi connectivity index (χ3v) is 3.93. The topological polar surface area (TPSA) is 67.5 Å². The smallest absolute Gasteiger partial charge is 0.332 e. The van der Waals surface area contributed by atoms with E-state index in [-0.39, 0.29) is 0 Å². The van der Waals surface area contributed by atoms with Gasteiger partial charge in [-0.3, -0.25) is 0 Å². The number of urea groups is 1. The fraction of sp³-hybridized carbons (Fsp3) is 0.818. The zero-order valence-electron chi connectivity index (χ0n) is 9.20. The van der Waals surface area contributed by atoms with Gasteiger partial charge in [-0.05, 0) is 38.0 Å². The van der Waals surface area contributed by atoms with Crippen LogP contribution in [0.3, 0.4) is 0 Å². The summed E-state index contributed by atoms with van der Waals surface area (Å²) in [7, 11) is 0. The number of hydrazone groups is 1. The van der Waals surface area contributed by atoms with Crippen molar-refractivity contribution in [2.24, 2.45) is 28.6 Å². The highest BCUT2D eigenvalue weighted by atomic mass is 16.2. The molecule has 4 nitrogen and oxygen atoms in total. The van der Waals surface area contributed by atoms with Crippen molar-refractivity contribution >= 4 is 11.7 Å². The van der Waals surface area contributed by atoms with E-state index in [4.69, 9.17) is 5.73 Å². The van der Waals surface area contributed by atoms with Crippen molar-refractivity contribution < 1.29 is 4.79 Å². The average molecular weight is 209 g/mol. The second kappa shape index (κ2) is 4.21. The number of hydrogen-bond donors (Lipinski definition) is 2. The summed E-state index contributed by atoms with van der Waals surface area (Å²) in [5, 5.41) is 4.06. The van der Waals surface area contributed by atoms with E-state index in [1.165, 1.54) is 32.1 Å². The highest BCUT2D eigenvalue weighted by Crippen LogP contribution is 2.45. The Bertz CT molecular complexity index is 280. The zero-order valence-corrected chi connectivity index (χ0v) is 9.20. The van der Waals surface area contributed by atoms with Crippen LogP contribution in [-0.2, 0) is 0 Å². The second-order valence-electron chi connectivity index (χ2n) is 4.85. The van der Waals surface area contributed by atoms with E-state index in [9.17, 15) is 4.79 Å². The van der Waals surface area contributed by atoms with Gasteiger partial charge in [-0.2, -0.15) is 5.10 Å². The fourth-order valence-electron chi connectivity index (χ4n) is 3.12. The molecule has 4 heteroatoms. The highest BCUT2D eigenvalue weighted by molar-refractivity contribution is 5.86. The van der Waals surface area contributed by atoms with E-state index in [0.717, 1.165) is 17.5 Å². The van der Waals surface area contributed by atoms with Crippen LogP contribution in [0.1, 0.15) is 39.0 Å². The van der Waals surface area contributed by atoms with Crippen LogP contribution in [0, 0.1) is 17.8 Å². The first-order chi connectivity index (χ1) is 7.16. The summed E-state index contributed by atoms with van der Waals surface area (Å²) in [6.45, 7) is 2.00. The molecule has 84 valence electrons. The first kappa shape index (κ1) is 10.5. The van der Waals surface area contributed by atoms with E-state index in [2.05, 4.69) is 10.5 Å². The quantitative estimate of drug-likeness (QED) is 0.529. The number of amides is 2. The van der Waals surface area contributed by atoms with E-state index in [0.29, 0.717) is 5.92 Å². The standard InChI is InChI=1S/C11H19N3O/c1-7(13-14-11(12)15)10-6-8-2-4-9(10)5-3-8/h8-10H,2-6H2,1H3,(H3,12,14,15)/b13-7-/t8?,9?,10-/m1/s1. The van der Waals surface area contributed by atoms with Crippen LogP contribution in [0.4, 0.5) is 4.79 Å². The maximum Gasteiger partial charge on any atom is 0.332 e. The summed E-state index contributed by atoms with van der Waals surface area (Å²) in [6.07, 6.45) is 6.69. The second-order valence-corrected chi connectivity index (χ2v) is 4.85. The molecule has 3 saturated carbocycles. The summed E-state index contributed by atoms with van der Waals surface area (Å²) in [5.41, 5.74) is 8.36. The number of fused-ring (bicyclic) bond motifs is 3. The Kier molecular flexibility index (Phi) is 2.93. The van der Waals surface area contributed by atoms with Crippen LogP contribution < -0.4 is 11.2 Å². The average Bonchev–Trinajstić information content (AvgIpc) is 2.27. The molecule has 0 aromatic heterocycles. The number of nitrogens with two attached hydrogens (primary N) is 1. The van der Waals surface area contributed by atoms with E-state index < -0.39 is 6.03 Å². The summed E-state index contributed by atoms with van der Waals surface area (Å²) in [6, 6.07) is -0.574. The molecule has 0 heterocycles. The van der Waals surface area contributed by atoms with Gasteiger partial charge in [0.15, 0.2) is 0 Å². The van der Waals surface area contributed by atoms with Crippen LogP contribution in [0.2, 0.25) is 0 Å². The Morgan fingerprint density at radius 1 is 1.33 bits per heavy atom. The van der Waals surface area contributed by atoms with Gasteiger partial charge >= 0.3 is 6.03 Å². The van der Waals surface area contributed by atoms with Gasteiger partial charge in [-0.15, -0.1) is 0 Å². The van der Waals surface area contributed by atoms with Crippen molar-refractivity contribution in [3.05, 3.63) is 0 Å². The lowest BCUT2D eigenvalue weighted by atomic mass is 9.63. The van der Waals surface area contributed by atoms with E-state index >= 15 is 0 Å². The molecule has 3 fully saturated rings. The number of nitrogens with one attached hydrogen (secondary N) is 1. The number of primary amides is 1. The molecule has 0 aliphatic heterocycles. The fourth-order valence-corrected chi connectivity index (χ4v) is 3.12.